The number of alkyl halides is 6. The van der Waals surface area contributed by atoms with E-state index in [4.69, 9.17) is 5.21 Å². The predicted molar refractivity (Wildman–Crippen MR) is 142 cm³/mol. The average molecular weight is 601 g/mol. The minimum atomic E-state index is -5.01. The summed E-state index contributed by atoms with van der Waals surface area (Å²) in [7, 11) is 1.95. The molecule has 2 heterocycles. The number of anilines is 4. The minimum Gasteiger partial charge on any atom is -0.404 e. The second-order valence-electron chi connectivity index (χ2n) is 9.37. The first kappa shape index (κ1) is 30.6. The first-order valence-electron chi connectivity index (χ1n) is 12.4. The lowest BCUT2D eigenvalue weighted by atomic mass is 10.1. The van der Waals surface area contributed by atoms with E-state index in [0.717, 1.165) is 19.2 Å². The fourth-order valence-electron chi connectivity index (χ4n) is 4.41. The fraction of sp³-hybridized carbons (Fsp3) is 0.360. The molecule has 42 heavy (non-hydrogen) atoms. The van der Waals surface area contributed by atoms with Gasteiger partial charge >= 0.3 is 12.5 Å². The lowest BCUT2D eigenvalue weighted by molar-refractivity contribution is -0.274. The number of carbonyl (C=O) groups excluding carboxylic acids is 1. The van der Waals surface area contributed by atoms with Gasteiger partial charge in [-0.2, -0.15) is 18.3 Å². The minimum absolute atomic E-state index is 0.00788. The molecule has 1 fully saturated rings. The number of nitrogens with zero attached hydrogens (tertiary/aromatic N) is 6. The van der Waals surface area contributed by atoms with Gasteiger partial charge in [0.15, 0.2) is 5.75 Å². The SMILES string of the molecule is C=NN(CC(F)(F)F)c1c(CC(=O)NO)ccc2cnc(Nc3cc(N4CCN(C)CC4)ccc3OC(F)(F)F)nc12. The number of ether oxygens (including phenoxy) is 1. The third kappa shape index (κ3) is 7.67. The number of fused-ring (bicyclic) bond motifs is 1. The maximum absolute atomic E-state index is 13.4. The largest absolute Gasteiger partial charge is 0.573 e. The van der Waals surface area contributed by atoms with Crippen LogP contribution in [0.15, 0.2) is 41.6 Å². The van der Waals surface area contributed by atoms with Gasteiger partial charge in [-0.25, -0.2) is 15.4 Å². The maximum Gasteiger partial charge on any atom is 0.573 e. The smallest absolute Gasteiger partial charge is 0.404 e. The lowest BCUT2D eigenvalue weighted by Gasteiger charge is -2.34. The van der Waals surface area contributed by atoms with Gasteiger partial charge in [-0.15, -0.1) is 13.2 Å². The van der Waals surface area contributed by atoms with Crippen molar-refractivity contribution in [1.29, 1.82) is 0 Å². The van der Waals surface area contributed by atoms with E-state index >= 15 is 0 Å². The first-order valence-corrected chi connectivity index (χ1v) is 12.4. The van der Waals surface area contributed by atoms with Crippen LogP contribution in [0.2, 0.25) is 0 Å². The van der Waals surface area contributed by atoms with E-state index in [1.807, 2.05) is 11.9 Å². The quantitative estimate of drug-likeness (QED) is 0.145. The number of hydrogen-bond acceptors (Lipinski definition) is 10. The van der Waals surface area contributed by atoms with Gasteiger partial charge in [-0.3, -0.25) is 15.0 Å². The van der Waals surface area contributed by atoms with Crippen molar-refractivity contribution in [3.05, 3.63) is 42.1 Å². The number of nitrogens with one attached hydrogen (secondary N) is 2. The summed E-state index contributed by atoms with van der Waals surface area (Å²) in [5, 5.41) is 15.8. The van der Waals surface area contributed by atoms with Crippen LogP contribution in [0.4, 0.5) is 49.4 Å². The summed E-state index contributed by atoms with van der Waals surface area (Å²) >= 11 is 0. The molecule has 1 aromatic heterocycles. The van der Waals surface area contributed by atoms with Crippen molar-refractivity contribution in [1.82, 2.24) is 20.3 Å². The van der Waals surface area contributed by atoms with Gasteiger partial charge in [0.1, 0.15) is 12.1 Å². The van der Waals surface area contributed by atoms with Gasteiger partial charge in [0.25, 0.3) is 0 Å². The van der Waals surface area contributed by atoms with Crippen molar-refractivity contribution in [3.63, 3.8) is 0 Å². The Balaban J connectivity index is 1.80. The Hall–Kier alpha value is -4.38. The molecule has 3 N–H and O–H groups in total. The highest BCUT2D eigenvalue weighted by atomic mass is 19.4. The molecule has 0 radical (unpaired) electrons. The van der Waals surface area contributed by atoms with E-state index in [9.17, 15) is 31.1 Å². The fourth-order valence-corrected chi connectivity index (χ4v) is 4.41. The molecule has 0 saturated carbocycles. The number of rotatable bonds is 9. The molecule has 1 aliphatic heterocycles. The molecule has 11 nitrogen and oxygen atoms in total. The number of halogens is 6. The number of hydrogen-bond donors (Lipinski definition) is 3. The van der Waals surface area contributed by atoms with E-state index in [0.29, 0.717) is 23.8 Å². The Bertz CT molecular complexity index is 1440. The number of benzene rings is 2. The van der Waals surface area contributed by atoms with E-state index in [2.05, 4.69) is 36.7 Å². The van der Waals surface area contributed by atoms with Crippen molar-refractivity contribution >= 4 is 46.5 Å². The van der Waals surface area contributed by atoms with Crippen LogP contribution in [0.1, 0.15) is 5.56 Å². The lowest BCUT2D eigenvalue weighted by Crippen LogP contribution is -2.44. The number of likely N-dealkylation sites (N-methyl/N-ethyl adjacent to an activating group) is 1. The summed E-state index contributed by atoms with van der Waals surface area (Å²) in [6.45, 7) is 4.33. The molecule has 0 atom stereocenters. The number of hydrazone groups is 1. The van der Waals surface area contributed by atoms with Crippen LogP contribution in [-0.2, 0) is 11.2 Å². The Kier molecular flexibility index (Phi) is 8.91. The molecule has 1 amide bonds. The normalized spacial score (nSPS) is 14.5. The summed E-state index contributed by atoms with van der Waals surface area (Å²) in [6.07, 6.45) is -9.05. The molecule has 0 bridgehead atoms. The highest BCUT2D eigenvalue weighted by molar-refractivity contribution is 5.95. The average Bonchev–Trinajstić information content (AvgIpc) is 2.92. The van der Waals surface area contributed by atoms with Crippen molar-refractivity contribution in [3.8, 4) is 5.75 Å². The highest BCUT2D eigenvalue weighted by Gasteiger charge is 2.34. The summed E-state index contributed by atoms with van der Waals surface area (Å²) in [4.78, 5) is 24.4. The summed E-state index contributed by atoms with van der Waals surface area (Å²) in [5.41, 5.74) is 1.51. The van der Waals surface area contributed by atoms with Gasteiger partial charge in [0.2, 0.25) is 11.9 Å². The Morgan fingerprint density at radius 1 is 1.14 bits per heavy atom. The van der Waals surface area contributed by atoms with Crippen LogP contribution in [0, 0.1) is 0 Å². The number of carbonyl (C=O) groups is 1. The second kappa shape index (κ2) is 12.2. The van der Waals surface area contributed by atoms with Crippen molar-refractivity contribution in [2.75, 3.05) is 55.0 Å². The molecule has 0 spiro atoms. The van der Waals surface area contributed by atoms with Crippen LogP contribution in [-0.4, -0.2) is 85.0 Å². The Morgan fingerprint density at radius 2 is 1.86 bits per heavy atom. The standard InChI is InChI=1S/C25H26F6N8O3/c1-32-39(14-24(26,27)28)22-15(11-20(40)36-41)3-4-16-13-33-23(35-21(16)22)34-18-12-17(38-9-7-37(2)8-10-38)5-6-19(18)42-25(29,30)31/h3-6,12-13,41H,1,7-11,14H2,2H3,(H,36,40)(H,33,34,35). The van der Waals surface area contributed by atoms with Crippen LogP contribution in [0.3, 0.4) is 0 Å². The van der Waals surface area contributed by atoms with Crippen LogP contribution < -0.4 is 25.4 Å². The Morgan fingerprint density at radius 3 is 2.48 bits per heavy atom. The summed E-state index contributed by atoms with van der Waals surface area (Å²) < 4.78 is 84.0. The number of amides is 1. The molecule has 0 aliphatic carbocycles. The number of aromatic nitrogens is 2. The third-order valence-corrected chi connectivity index (χ3v) is 6.35. The predicted octanol–water partition coefficient (Wildman–Crippen LogP) is 4.06. The van der Waals surface area contributed by atoms with Gasteiger partial charge in [-0.1, -0.05) is 12.1 Å². The first-order chi connectivity index (χ1) is 19.8. The molecule has 0 unspecified atom stereocenters. The third-order valence-electron chi connectivity index (χ3n) is 6.35. The highest BCUT2D eigenvalue weighted by Crippen LogP contribution is 2.37. The molecule has 226 valence electrons. The zero-order valence-corrected chi connectivity index (χ0v) is 22.1. The monoisotopic (exact) mass is 600 g/mol. The van der Waals surface area contributed by atoms with Gasteiger partial charge in [-0.05, 0) is 30.8 Å². The molecule has 1 saturated heterocycles. The van der Waals surface area contributed by atoms with Crippen LogP contribution >= 0.6 is 0 Å². The van der Waals surface area contributed by atoms with E-state index < -0.39 is 37.2 Å². The van der Waals surface area contributed by atoms with E-state index in [1.165, 1.54) is 35.9 Å². The van der Waals surface area contributed by atoms with Gasteiger partial charge in [0.05, 0.1) is 17.8 Å². The van der Waals surface area contributed by atoms with Crippen LogP contribution in [0.25, 0.3) is 10.9 Å². The van der Waals surface area contributed by atoms with Gasteiger partial charge in [0, 0.05) is 50.2 Å². The zero-order valence-electron chi connectivity index (χ0n) is 22.1. The topological polar surface area (TPSA) is 118 Å². The molecular weight excluding hydrogens is 574 g/mol. The number of hydroxylamine groups is 1. The molecule has 17 heteroatoms. The van der Waals surface area contributed by atoms with Crippen molar-refractivity contribution in [2.45, 2.75) is 19.0 Å². The Labute approximate surface area is 235 Å². The molecule has 3 aromatic rings. The zero-order chi connectivity index (χ0) is 30.7. The molecule has 1 aliphatic rings. The van der Waals surface area contributed by atoms with Crippen molar-refractivity contribution in [2.24, 2.45) is 5.10 Å². The molecule has 2 aromatic carbocycles. The van der Waals surface area contributed by atoms with Gasteiger partial charge < -0.3 is 19.9 Å². The van der Waals surface area contributed by atoms with E-state index in [-0.39, 0.29) is 33.8 Å². The second-order valence-corrected chi connectivity index (χ2v) is 9.37. The number of piperazine rings is 1. The molecular formula is C25H26F6N8O3. The maximum atomic E-state index is 13.4. The van der Waals surface area contributed by atoms with Crippen LogP contribution in [0.5, 0.6) is 5.75 Å². The van der Waals surface area contributed by atoms with E-state index in [1.54, 1.807) is 0 Å². The summed E-state index contributed by atoms with van der Waals surface area (Å²) in [6, 6.07) is 6.84. The van der Waals surface area contributed by atoms with Crippen molar-refractivity contribution < 1.29 is 41.1 Å². The summed E-state index contributed by atoms with van der Waals surface area (Å²) in [5.74, 6) is -1.77. The molecule has 4 rings (SSSR count).